The molecule has 0 spiro atoms. The normalized spacial score (nSPS) is 10.5. The maximum atomic E-state index is 12.1. The van der Waals surface area contributed by atoms with E-state index in [0.717, 1.165) is 17.0 Å². The first kappa shape index (κ1) is 19.2. The van der Waals surface area contributed by atoms with Crippen molar-refractivity contribution in [3.63, 3.8) is 0 Å². The minimum Gasteiger partial charge on any atom is -0.467 e. The van der Waals surface area contributed by atoms with Gasteiger partial charge in [0.05, 0.1) is 18.5 Å². The second kappa shape index (κ2) is 8.90. The Labute approximate surface area is 162 Å². The lowest BCUT2D eigenvalue weighted by molar-refractivity contribution is -0.116. The van der Waals surface area contributed by atoms with E-state index in [2.05, 4.69) is 21.1 Å². The molecule has 0 unspecified atom stereocenters. The Kier molecular flexibility index (Phi) is 6.11. The molecule has 8 heteroatoms. The number of nitrogens with one attached hydrogen (secondary N) is 3. The average Bonchev–Trinajstić information content (AvgIpc) is 3.30. The van der Waals surface area contributed by atoms with E-state index in [9.17, 15) is 9.59 Å². The number of carbonyl (C=O) groups excluding carboxylic acids is 2. The highest BCUT2D eigenvalue weighted by molar-refractivity contribution is 5.92. The molecule has 0 aliphatic rings. The molecule has 0 bridgehead atoms. The van der Waals surface area contributed by atoms with Gasteiger partial charge in [0.15, 0.2) is 0 Å². The number of urea groups is 1. The third-order valence-corrected chi connectivity index (χ3v) is 4.21. The summed E-state index contributed by atoms with van der Waals surface area (Å²) in [6.45, 7) is 4.00. The van der Waals surface area contributed by atoms with Crippen LogP contribution in [-0.4, -0.2) is 17.1 Å². The molecule has 3 amide bonds. The number of carbonyl (C=O) groups is 2. The van der Waals surface area contributed by atoms with Crippen LogP contribution < -0.4 is 16.0 Å². The van der Waals surface area contributed by atoms with Crippen LogP contribution in [0.3, 0.4) is 0 Å². The zero-order valence-electron chi connectivity index (χ0n) is 15.7. The van der Waals surface area contributed by atoms with Gasteiger partial charge in [-0.25, -0.2) is 4.79 Å². The van der Waals surface area contributed by atoms with Crippen molar-refractivity contribution in [2.45, 2.75) is 33.2 Å². The number of aromatic nitrogens is 1. The molecule has 28 heavy (non-hydrogen) atoms. The van der Waals surface area contributed by atoms with E-state index in [4.69, 9.17) is 8.94 Å². The molecule has 0 saturated heterocycles. The Morgan fingerprint density at radius 2 is 1.75 bits per heavy atom. The van der Waals surface area contributed by atoms with Gasteiger partial charge < -0.3 is 24.9 Å². The van der Waals surface area contributed by atoms with Gasteiger partial charge in [-0.1, -0.05) is 5.16 Å². The molecule has 0 aliphatic heterocycles. The van der Waals surface area contributed by atoms with Crippen molar-refractivity contribution in [3.05, 3.63) is 65.4 Å². The average molecular weight is 382 g/mol. The molecule has 0 radical (unpaired) electrons. The van der Waals surface area contributed by atoms with Crippen LogP contribution in [0.5, 0.6) is 0 Å². The van der Waals surface area contributed by atoms with Gasteiger partial charge in [-0.2, -0.15) is 0 Å². The van der Waals surface area contributed by atoms with Crippen LogP contribution in [0.1, 0.15) is 29.2 Å². The van der Waals surface area contributed by atoms with Gasteiger partial charge in [0.25, 0.3) is 0 Å². The smallest absolute Gasteiger partial charge is 0.319 e. The van der Waals surface area contributed by atoms with Crippen molar-refractivity contribution in [2.24, 2.45) is 0 Å². The van der Waals surface area contributed by atoms with E-state index >= 15 is 0 Å². The number of furan rings is 1. The number of amides is 3. The van der Waals surface area contributed by atoms with Gasteiger partial charge >= 0.3 is 6.03 Å². The van der Waals surface area contributed by atoms with Gasteiger partial charge in [0.2, 0.25) is 5.91 Å². The molecule has 0 saturated carbocycles. The summed E-state index contributed by atoms with van der Waals surface area (Å²) in [7, 11) is 0. The summed E-state index contributed by atoms with van der Waals surface area (Å²) >= 11 is 0. The van der Waals surface area contributed by atoms with Gasteiger partial charge in [-0.05, 0) is 56.7 Å². The summed E-state index contributed by atoms with van der Waals surface area (Å²) in [6.07, 6.45) is 2.46. The van der Waals surface area contributed by atoms with Gasteiger partial charge in [-0.3, -0.25) is 4.79 Å². The molecule has 2 aromatic heterocycles. The van der Waals surface area contributed by atoms with E-state index < -0.39 is 0 Å². The first-order valence-corrected chi connectivity index (χ1v) is 8.90. The Bertz CT molecular complexity index is 910. The maximum absolute atomic E-state index is 12.1. The van der Waals surface area contributed by atoms with Crippen LogP contribution in [0.25, 0.3) is 0 Å². The summed E-state index contributed by atoms with van der Waals surface area (Å²) in [5.74, 6) is 1.31. The van der Waals surface area contributed by atoms with Crippen molar-refractivity contribution in [1.82, 2.24) is 10.5 Å². The topological polar surface area (TPSA) is 109 Å². The Hall–Kier alpha value is -3.55. The van der Waals surface area contributed by atoms with Crippen LogP contribution in [-0.2, 0) is 17.8 Å². The molecule has 2 heterocycles. The number of nitrogens with zero attached hydrogens (tertiary/aromatic N) is 1. The molecule has 0 fully saturated rings. The van der Waals surface area contributed by atoms with Gasteiger partial charge in [0.1, 0.15) is 11.5 Å². The van der Waals surface area contributed by atoms with Crippen LogP contribution >= 0.6 is 0 Å². The van der Waals surface area contributed by atoms with Gasteiger partial charge in [0, 0.05) is 23.4 Å². The number of anilines is 2. The van der Waals surface area contributed by atoms with Gasteiger partial charge in [-0.15, -0.1) is 0 Å². The second-order valence-electron chi connectivity index (χ2n) is 6.32. The highest BCUT2D eigenvalue weighted by atomic mass is 16.5. The highest BCUT2D eigenvalue weighted by Gasteiger charge is 2.11. The van der Waals surface area contributed by atoms with Crippen molar-refractivity contribution in [1.29, 1.82) is 0 Å². The molecule has 1 aromatic carbocycles. The second-order valence-corrected chi connectivity index (χ2v) is 6.32. The van der Waals surface area contributed by atoms with Crippen molar-refractivity contribution in [2.75, 3.05) is 10.6 Å². The van der Waals surface area contributed by atoms with Crippen molar-refractivity contribution in [3.8, 4) is 0 Å². The van der Waals surface area contributed by atoms with Crippen LogP contribution in [0.15, 0.2) is 51.6 Å². The first-order chi connectivity index (χ1) is 13.5. The Morgan fingerprint density at radius 3 is 2.36 bits per heavy atom. The third kappa shape index (κ3) is 5.23. The monoisotopic (exact) mass is 382 g/mol. The number of benzene rings is 1. The predicted molar refractivity (Wildman–Crippen MR) is 104 cm³/mol. The fourth-order valence-corrected chi connectivity index (χ4v) is 2.71. The fraction of sp³-hybridized carbons (Fsp3) is 0.250. The zero-order valence-corrected chi connectivity index (χ0v) is 15.7. The largest absolute Gasteiger partial charge is 0.467 e. The van der Waals surface area contributed by atoms with E-state index in [1.165, 1.54) is 0 Å². The van der Waals surface area contributed by atoms with Crippen molar-refractivity contribution < 1.29 is 18.5 Å². The number of hydrogen-bond acceptors (Lipinski definition) is 5. The lowest BCUT2D eigenvalue weighted by atomic mass is 10.1. The first-order valence-electron chi connectivity index (χ1n) is 8.90. The lowest BCUT2D eigenvalue weighted by Gasteiger charge is -2.09. The summed E-state index contributed by atoms with van der Waals surface area (Å²) in [5.41, 5.74) is 3.05. The van der Waals surface area contributed by atoms with E-state index in [-0.39, 0.29) is 11.9 Å². The number of aryl methyl sites for hydroxylation is 2. The third-order valence-electron chi connectivity index (χ3n) is 4.21. The lowest BCUT2D eigenvalue weighted by Crippen LogP contribution is -2.27. The van der Waals surface area contributed by atoms with E-state index in [0.29, 0.717) is 36.5 Å². The number of rotatable bonds is 7. The molecule has 0 aliphatic carbocycles. The highest BCUT2D eigenvalue weighted by Crippen LogP contribution is 2.16. The molecule has 3 N–H and O–H groups in total. The molecule has 146 valence electrons. The maximum Gasteiger partial charge on any atom is 0.319 e. The van der Waals surface area contributed by atoms with E-state index in [1.54, 1.807) is 42.7 Å². The molecule has 3 aromatic rings. The Morgan fingerprint density at radius 1 is 1.04 bits per heavy atom. The van der Waals surface area contributed by atoms with Crippen LogP contribution in [0, 0.1) is 13.8 Å². The summed E-state index contributed by atoms with van der Waals surface area (Å²) < 4.78 is 10.3. The predicted octanol–water partition coefficient (Wildman–Crippen LogP) is 3.78. The van der Waals surface area contributed by atoms with Crippen LogP contribution in [0.4, 0.5) is 16.2 Å². The molecular weight excluding hydrogens is 360 g/mol. The molecule has 0 atom stereocenters. The van der Waals surface area contributed by atoms with E-state index in [1.807, 2.05) is 13.8 Å². The minimum atomic E-state index is -0.340. The fourth-order valence-electron chi connectivity index (χ4n) is 2.71. The summed E-state index contributed by atoms with van der Waals surface area (Å²) in [4.78, 5) is 24.0. The van der Waals surface area contributed by atoms with Crippen molar-refractivity contribution >= 4 is 23.3 Å². The number of hydrogen-bond donors (Lipinski definition) is 3. The SMILES string of the molecule is Cc1noc(C)c1CCC(=O)Nc1ccc(NC(=O)NCc2ccco2)cc1. The summed E-state index contributed by atoms with van der Waals surface area (Å²) in [5, 5.41) is 12.1. The standard InChI is InChI=1S/C20H22N4O4/c1-13-18(14(2)28-24-13)9-10-19(25)22-15-5-7-16(8-6-15)23-20(26)21-12-17-4-3-11-27-17/h3-8,11H,9-10,12H2,1-2H3,(H,22,25)(H2,21,23,26). The zero-order chi connectivity index (χ0) is 19.9. The molecular formula is C20H22N4O4. The molecule has 3 rings (SSSR count). The minimum absolute atomic E-state index is 0.100. The summed E-state index contributed by atoms with van der Waals surface area (Å²) in [6, 6.07) is 10.1. The molecule has 8 nitrogen and oxygen atoms in total. The quantitative estimate of drug-likeness (QED) is 0.576. The Balaban J connectivity index is 1.44. The van der Waals surface area contributed by atoms with Crippen LogP contribution in [0.2, 0.25) is 0 Å².